The van der Waals surface area contributed by atoms with Crippen LogP contribution in [0, 0.1) is 11.3 Å². The predicted molar refractivity (Wildman–Crippen MR) is 91.6 cm³/mol. The Balaban J connectivity index is 0.000000219. The van der Waals surface area contributed by atoms with Crippen molar-refractivity contribution in [2.75, 3.05) is 27.7 Å². The van der Waals surface area contributed by atoms with E-state index in [2.05, 4.69) is 26.0 Å². The Morgan fingerprint density at radius 3 is 2.58 bits per heavy atom. The highest BCUT2D eigenvalue weighted by atomic mass is 16.5. The second-order valence-corrected chi connectivity index (χ2v) is 5.29. The van der Waals surface area contributed by atoms with Crippen molar-refractivity contribution in [2.45, 2.75) is 6.54 Å². The van der Waals surface area contributed by atoms with Crippen molar-refractivity contribution in [2.24, 2.45) is 0 Å². The van der Waals surface area contributed by atoms with Crippen LogP contribution in [0.4, 0.5) is 0 Å². The SMILES string of the molecule is CN(C)CCn1ncc2cc(C#N)ccc21.COc1ncccn1. The number of aromatic nitrogens is 4. The lowest BCUT2D eigenvalue weighted by atomic mass is 10.2. The summed E-state index contributed by atoms with van der Waals surface area (Å²) in [5.41, 5.74) is 1.76. The van der Waals surface area contributed by atoms with Crippen LogP contribution in [0.15, 0.2) is 42.9 Å². The van der Waals surface area contributed by atoms with Gasteiger partial charge >= 0.3 is 6.01 Å². The fourth-order valence-electron chi connectivity index (χ4n) is 2.02. The van der Waals surface area contributed by atoms with Gasteiger partial charge in [0.1, 0.15) is 0 Å². The van der Waals surface area contributed by atoms with Crippen molar-refractivity contribution < 1.29 is 4.74 Å². The number of hydrogen-bond donors (Lipinski definition) is 0. The topological polar surface area (TPSA) is 79.9 Å². The number of likely N-dealkylation sites (N-methyl/N-ethyl adjacent to an activating group) is 1. The van der Waals surface area contributed by atoms with Crippen LogP contribution < -0.4 is 4.74 Å². The summed E-state index contributed by atoms with van der Waals surface area (Å²) >= 11 is 0. The van der Waals surface area contributed by atoms with E-state index in [1.165, 1.54) is 7.11 Å². The molecule has 124 valence electrons. The maximum absolute atomic E-state index is 8.80. The van der Waals surface area contributed by atoms with Gasteiger partial charge < -0.3 is 9.64 Å². The molecule has 7 heteroatoms. The van der Waals surface area contributed by atoms with Gasteiger partial charge in [-0.05, 0) is 38.4 Å². The average molecular weight is 324 g/mol. The first-order valence-electron chi connectivity index (χ1n) is 7.45. The number of benzene rings is 1. The van der Waals surface area contributed by atoms with Gasteiger partial charge in [-0.25, -0.2) is 9.97 Å². The number of methoxy groups -OCH3 is 1. The van der Waals surface area contributed by atoms with Gasteiger partial charge in [0, 0.05) is 24.3 Å². The van der Waals surface area contributed by atoms with E-state index in [-0.39, 0.29) is 0 Å². The summed E-state index contributed by atoms with van der Waals surface area (Å²) in [4.78, 5) is 9.65. The average Bonchev–Trinajstić information content (AvgIpc) is 3.03. The third-order valence-electron chi connectivity index (χ3n) is 3.25. The van der Waals surface area contributed by atoms with Crippen LogP contribution in [0.25, 0.3) is 10.9 Å². The Hall–Kier alpha value is -2.98. The Kier molecular flexibility index (Phi) is 6.23. The van der Waals surface area contributed by atoms with E-state index >= 15 is 0 Å². The first-order chi connectivity index (χ1) is 11.6. The smallest absolute Gasteiger partial charge is 0.315 e. The zero-order valence-corrected chi connectivity index (χ0v) is 14.0. The van der Waals surface area contributed by atoms with E-state index in [1.54, 1.807) is 18.5 Å². The number of nitriles is 1. The van der Waals surface area contributed by atoms with Gasteiger partial charge in [0.15, 0.2) is 0 Å². The molecule has 0 amide bonds. The highest BCUT2D eigenvalue weighted by Gasteiger charge is 2.03. The first-order valence-corrected chi connectivity index (χ1v) is 7.45. The quantitative estimate of drug-likeness (QED) is 0.730. The Bertz CT molecular complexity index is 807. The molecule has 3 rings (SSSR count). The molecule has 2 heterocycles. The van der Waals surface area contributed by atoms with Gasteiger partial charge in [-0.1, -0.05) is 0 Å². The standard InChI is InChI=1S/C12H14N4.C5H6N2O/c1-15(2)5-6-16-12-4-3-10(8-13)7-11(12)9-14-16;1-8-5-6-3-2-4-7-5/h3-4,7,9H,5-6H2,1-2H3;2-4H,1H3. The molecule has 0 N–H and O–H groups in total. The molecule has 0 atom stereocenters. The number of fused-ring (bicyclic) bond motifs is 1. The molecule has 0 aliphatic rings. The van der Waals surface area contributed by atoms with Crippen LogP contribution in [0.1, 0.15) is 5.56 Å². The van der Waals surface area contributed by atoms with E-state index in [9.17, 15) is 0 Å². The Morgan fingerprint density at radius 1 is 1.25 bits per heavy atom. The summed E-state index contributed by atoms with van der Waals surface area (Å²) in [6.07, 6.45) is 5.07. The van der Waals surface area contributed by atoms with Gasteiger partial charge in [0.25, 0.3) is 0 Å². The zero-order valence-electron chi connectivity index (χ0n) is 14.0. The van der Waals surface area contributed by atoms with Gasteiger partial charge in [0.2, 0.25) is 0 Å². The van der Waals surface area contributed by atoms with E-state index in [0.29, 0.717) is 11.6 Å². The molecule has 2 aromatic heterocycles. The molecular weight excluding hydrogens is 304 g/mol. The van der Waals surface area contributed by atoms with Crippen molar-refractivity contribution in [1.29, 1.82) is 5.26 Å². The summed E-state index contributed by atoms with van der Waals surface area (Å²) in [6, 6.07) is 9.94. The lowest BCUT2D eigenvalue weighted by molar-refractivity contribution is 0.377. The van der Waals surface area contributed by atoms with Crippen LogP contribution in [-0.2, 0) is 6.54 Å². The highest BCUT2D eigenvalue weighted by molar-refractivity contribution is 5.80. The van der Waals surface area contributed by atoms with Crippen LogP contribution in [0.2, 0.25) is 0 Å². The molecule has 3 aromatic rings. The second-order valence-electron chi connectivity index (χ2n) is 5.29. The normalized spacial score (nSPS) is 10.1. The molecule has 24 heavy (non-hydrogen) atoms. The molecule has 0 aliphatic heterocycles. The number of hydrogen-bond acceptors (Lipinski definition) is 6. The van der Waals surface area contributed by atoms with Gasteiger partial charge in [-0.2, -0.15) is 10.4 Å². The number of ether oxygens (including phenoxy) is 1. The van der Waals surface area contributed by atoms with Crippen molar-refractivity contribution in [1.82, 2.24) is 24.6 Å². The minimum Gasteiger partial charge on any atom is -0.467 e. The zero-order chi connectivity index (χ0) is 17.4. The third-order valence-corrected chi connectivity index (χ3v) is 3.25. The maximum Gasteiger partial charge on any atom is 0.315 e. The Labute approximate surface area is 141 Å². The summed E-state index contributed by atoms with van der Waals surface area (Å²) < 4.78 is 6.66. The number of rotatable bonds is 4. The van der Waals surface area contributed by atoms with Crippen molar-refractivity contribution in [3.05, 3.63) is 48.4 Å². The van der Waals surface area contributed by atoms with Crippen LogP contribution in [0.3, 0.4) is 0 Å². The van der Waals surface area contributed by atoms with Crippen molar-refractivity contribution in [3.8, 4) is 12.1 Å². The lowest BCUT2D eigenvalue weighted by Crippen LogP contribution is -2.18. The highest BCUT2D eigenvalue weighted by Crippen LogP contribution is 2.15. The molecular formula is C17H20N6O. The fourth-order valence-corrected chi connectivity index (χ4v) is 2.02. The van der Waals surface area contributed by atoms with Crippen molar-refractivity contribution in [3.63, 3.8) is 0 Å². The summed E-state index contributed by atoms with van der Waals surface area (Å²) in [7, 11) is 5.62. The third kappa shape index (κ3) is 4.76. The summed E-state index contributed by atoms with van der Waals surface area (Å²) in [5, 5.41) is 14.1. The predicted octanol–water partition coefficient (Wildman–Crippen LogP) is 1.95. The molecule has 0 fully saturated rings. The monoisotopic (exact) mass is 324 g/mol. The largest absolute Gasteiger partial charge is 0.467 e. The first kappa shape index (κ1) is 17.4. The van der Waals surface area contributed by atoms with E-state index < -0.39 is 0 Å². The van der Waals surface area contributed by atoms with Crippen LogP contribution >= 0.6 is 0 Å². The van der Waals surface area contributed by atoms with Gasteiger partial charge in [-0.15, -0.1) is 0 Å². The van der Waals surface area contributed by atoms with Gasteiger partial charge in [-0.3, -0.25) is 4.68 Å². The van der Waals surface area contributed by atoms with Gasteiger partial charge in [0.05, 0.1) is 37.0 Å². The molecule has 1 aromatic carbocycles. The summed E-state index contributed by atoms with van der Waals surface area (Å²) in [6.45, 7) is 1.82. The maximum atomic E-state index is 8.80. The molecule has 0 spiro atoms. The summed E-state index contributed by atoms with van der Waals surface area (Å²) in [5.74, 6) is 0. The minimum absolute atomic E-state index is 0.410. The lowest BCUT2D eigenvalue weighted by Gasteiger charge is -2.09. The second kappa shape index (κ2) is 8.60. The minimum atomic E-state index is 0.410. The molecule has 0 saturated heterocycles. The molecule has 0 bridgehead atoms. The van der Waals surface area contributed by atoms with E-state index in [0.717, 1.165) is 24.0 Å². The molecule has 0 saturated carbocycles. The van der Waals surface area contributed by atoms with Crippen molar-refractivity contribution >= 4 is 10.9 Å². The van der Waals surface area contributed by atoms with Crippen LogP contribution in [0.5, 0.6) is 6.01 Å². The number of nitrogens with zero attached hydrogens (tertiary/aromatic N) is 6. The fraction of sp³-hybridized carbons (Fsp3) is 0.294. The Morgan fingerprint density at radius 2 is 2.00 bits per heavy atom. The van der Waals surface area contributed by atoms with Crippen LogP contribution in [-0.4, -0.2) is 52.4 Å². The molecule has 0 unspecified atom stereocenters. The van der Waals surface area contributed by atoms with E-state index in [1.807, 2.05) is 43.2 Å². The molecule has 0 radical (unpaired) electrons. The molecule has 7 nitrogen and oxygen atoms in total. The van der Waals surface area contributed by atoms with E-state index in [4.69, 9.17) is 10.00 Å². The molecule has 0 aliphatic carbocycles.